The lowest BCUT2D eigenvalue weighted by molar-refractivity contribution is -0.167. The van der Waals surface area contributed by atoms with Crippen LogP contribution in [0.15, 0.2) is 97.2 Å². The number of esters is 3. The Balaban J connectivity index is 4.47. The van der Waals surface area contributed by atoms with Crippen LogP contribution in [-0.4, -0.2) is 37.2 Å². The number of hydrogen-bond acceptors (Lipinski definition) is 6. The van der Waals surface area contributed by atoms with Gasteiger partial charge in [0.05, 0.1) is 0 Å². The highest BCUT2D eigenvalue weighted by Crippen LogP contribution is 2.15. The minimum atomic E-state index is -0.797. The lowest BCUT2D eigenvalue weighted by Crippen LogP contribution is -2.30. The Morgan fingerprint density at radius 2 is 0.623 bits per heavy atom. The molecule has 0 saturated carbocycles. The molecular formula is C63H106O6. The SMILES string of the molecule is CC/C=C\C/C=C\C/C=C\CCCCCCCCC(=O)OCC(COC(=O)CCCCCCC\C=C/C=C\C=C/C=C\CCCCC)OC(=O)CCCCCCCCC/C=C\CCCCCCCC. The first kappa shape index (κ1) is 65.3. The van der Waals surface area contributed by atoms with Crippen molar-refractivity contribution < 1.29 is 28.6 Å². The van der Waals surface area contributed by atoms with E-state index in [-0.39, 0.29) is 31.1 Å². The van der Waals surface area contributed by atoms with Crippen LogP contribution in [0, 0.1) is 0 Å². The Morgan fingerprint density at radius 1 is 0.319 bits per heavy atom. The number of allylic oxidation sites excluding steroid dienone is 16. The molecule has 0 N–H and O–H groups in total. The van der Waals surface area contributed by atoms with Crippen molar-refractivity contribution in [2.75, 3.05) is 13.2 Å². The Hall–Kier alpha value is -3.67. The molecule has 0 rings (SSSR count). The summed E-state index contributed by atoms with van der Waals surface area (Å²) >= 11 is 0. The van der Waals surface area contributed by atoms with Crippen LogP contribution in [-0.2, 0) is 28.6 Å². The predicted octanol–water partition coefficient (Wildman–Crippen LogP) is 19.3. The van der Waals surface area contributed by atoms with Gasteiger partial charge in [0.2, 0.25) is 0 Å². The van der Waals surface area contributed by atoms with Crippen molar-refractivity contribution in [3.05, 3.63) is 97.2 Å². The molecule has 1 atom stereocenters. The summed E-state index contributed by atoms with van der Waals surface area (Å²) < 4.78 is 16.8. The molecule has 0 bridgehead atoms. The van der Waals surface area contributed by atoms with Crippen LogP contribution in [0.4, 0.5) is 0 Å². The zero-order valence-corrected chi connectivity index (χ0v) is 45.0. The summed E-state index contributed by atoms with van der Waals surface area (Å²) in [6, 6.07) is 0. The molecule has 69 heavy (non-hydrogen) atoms. The fraction of sp³-hybridized carbons (Fsp3) is 0.698. The van der Waals surface area contributed by atoms with Gasteiger partial charge in [-0.2, -0.15) is 0 Å². The van der Waals surface area contributed by atoms with Crippen molar-refractivity contribution in [2.24, 2.45) is 0 Å². The second-order valence-corrected chi connectivity index (χ2v) is 18.9. The van der Waals surface area contributed by atoms with E-state index in [1.165, 1.54) is 116 Å². The molecule has 0 heterocycles. The van der Waals surface area contributed by atoms with Gasteiger partial charge < -0.3 is 14.2 Å². The van der Waals surface area contributed by atoms with Crippen LogP contribution in [0.2, 0.25) is 0 Å². The largest absolute Gasteiger partial charge is 0.462 e. The summed E-state index contributed by atoms with van der Waals surface area (Å²) in [5, 5.41) is 0. The first-order valence-electron chi connectivity index (χ1n) is 28.8. The summed E-state index contributed by atoms with van der Waals surface area (Å²) in [7, 11) is 0. The van der Waals surface area contributed by atoms with E-state index in [4.69, 9.17) is 14.2 Å². The topological polar surface area (TPSA) is 78.9 Å². The van der Waals surface area contributed by atoms with Gasteiger partial charge in [0.25, 0.3) is 0 Å². The maximum atomic E-state index is 12.9. The number of unbranched alkanes of at least 4 members (excludes halogenated alkanes) is 27. The van der Waals surface area contributed by atoms with Crippen LogP contribution < -0.4 is 0 Å². The van der Waals surface area contributed by atoms with Crippen molar-refractivity contribution in [1.82, 2.24) is 0 Å². The molecule has 0 aliphatic carbocycles. The first-order valence-corrected chi connectivity index (χ1v) is 28.8. The summed E-state index contributed by atoms with van der Waals surface area (Å²) in [6.07, 6.45) is 75.3. The third kappa shape index (κ3) is 55.1. The van der Waals surface area contributed by atoms with Gasteiger partial charge in [0.1, 0.15) is 13.2 Å². The monoisotopic (exact) mass is 959 g/mol. The standard InChI is InChI=1S/C63H106O6/c1-4-7-10-13-16-19-22-25-28-31-33-35-38-41-44-47-50-53-56-62(65)68-59-60(58-67-61(64)55-52-49-46-43-40-37-34-30-27-24-21-18-15-12-9-6-3)69-63(66)57-54-51-48-45-42-39-36-32-29-26-23-20-17-14-11-8-5-2/h9,12,16,18-19,21-22,25-31,33,35,60H,4-8,10-11,13-15,17,20,23-24,32,34,36-59H2,1-3H3/b12-9-,19-16-,21-18-,25-22-,29-26-,30-27-,31-28-,35-33-. The molecule has 0 aromatic rings. The third-order valence-corrected chi connectivity index (χ3v) is 12.1. The highest BCUT2D eigenvalue weighted by molar-refractivity contribution is 5.71. The Kier molecular flexibility index (Phi) is 53.9. The zero-order chi connectivity index (χ0) is 50.0. The first-order chi connectivity index (χ1) is 34.0. The number of carbonyl (C=O) groups is 3. The zero-order valence-electron chi connectivity index (χ0n) is 45.0. The number of hydrogen-bond donors (Lipinski definition) is 0. The van der Waals surface area contributed by atoms with Gasteiger partial charge >= 0.3 is 17.9 Å². The van der Waals surface area contributed by atoms with Crippen LogP contribution in [0.1, 0.15) is 265 Å². The second-order valence-electron chi connectivity index (χ2n) is 18.9. The fourth-order valence-corrected chi connectivity index (χ4v) is 7.82. The molecule has 6 heteroatoms. The van der Waals surface area contributed by atoms with Crippen molar-refractivity contribution in [3.63, 3.8) is 0 Å². The Bertz CT molecular complexity index is 1380. The minimum Gasteiger partial charge on any atom is -0.462 e. The average molecular weight is 960 g/mol. The molecule has 6 nitrogen and oxygen atoms in total. The van der Waals surface area contributed by atoms with Gasteiger partial charge in [-0.1, -0.05) is 240 Å². The molecule has 394 valence electrons. The molecular weight excluding hydrogens is 853 g/mol. The molecule has 0 aromatic heterocycles. The van der Waals surface area contributed by atoms with E-state index in [1.807, 2.05) is 0 Å². The molecule has 0 aromatic carbocycles. The van der Waals surface area contributed by atoms with Crippen LogP contribution in [0.3, 0.4) is 0 Å². The quantitative estimate of drug-likeness (QED) is 0.0199. The molecule has 0 saturated heterocycles. The van der Waals surface area contributed by atoms with E-state index in [9.17, 15) is 14.4 Å². The predicted molar refractivity (Wildman–Crippen MR) is 297 cm³/mol. The van der Waals surface area contributed by atoms with E-state index in [0.717, 1.165) is 109 Å². The highest BCUT2D eigenvalue weighted by Gasteiger charge is 2.19. The maximum Gasteiger partial charge on any atom is 0.306 e. The highest BCUT2D eigenvalue weighted by atomic mass is 16.6. The molecule has 0 spiro atoms. The smallest absolute Gasteiger partial charge is 0.306 e. The summed E-state index contributed by atoms with van der Waals surface area (Å²) in [6.45, 7) is 6.46. The van der Waals surface area contributed by atoms with E-state index >= 15 is 0 Å². The lowest BCUT2D eigenvalue weighted by atomic mass is 10.1. The maximum absolute atomic E-state index is 12.9. The van der Waals surface area contributed by atoms with Crippen LogP contribution in [0.25, 0.3) is 0 Å². The van der Waals surface area contributed by atoms with Crippen LogP contribution in [0.5, 0.6) is 0 Å². The van der Waals surface area contributed by atoms with Crippen molar-refractivity contribution >= 4 is 17.9 Å². The van der Waals surface area contributed by atoms with Gasteiger partial charge in [0.15, 0.2) is 6.10 Å². The van der Waals surface area contributed by atoms with Gasteiger partial charge in [-0.3, -0.25) is 14.4 Å². The Labute approximate surface area is 426 Å². The van der Waals surface area contributed by atoms with E-state index < -0.39 is 6.10 Å². The summed E-state index contributed by atoms with van der Waals surface area (Å²) in [4.78, 5) is 38.2. The Morgan fingerprint density at radius 3 is 1.06 bits per heavy atom. The minimum absolute atomic E-state index is 0.0945. The molecule has 0 amide bonds. The van der Waals surface area contributed by atoms with Crippen molar-refractivity contribution in [1.29, 1.82) is 0 Å². The normalized spacial score (nSPS) is 12.8. The van der Waals surface area contributed by atoms with E-state index in [0.29, 0.717) is 19.3 Å². The fourth-order valence-electron chi connectivity index (χ4n) is 7.82. The second kappa shape index (κ2) is 56.9. The van der Waals surface area contributed by atoms with Gasteiger partial charge in [-0.25, -0.2) is 0 Å². The van der Waals surface area contributed by atoms with Crippen molar-refractivity contribution in [3.8, 4) is 0 Å². The molecule has 0 aliphatic rings. The summed E-state index contributed by atoms with van der Waals surface area (Å²) in [5.41, 5.74) is 0. The van der Waals surface area contributed by atoms with Gasteiger partial charge in [0, 0.05) is 19.3 Å². The molecule has 0 radical (unpaired) electrons. The molecule has 0 aliphatic heterocycles. The van der Waals surface area contributed by atoms with Gasteiger partial charge in [-0.05, 0) is 103 Å². The average Bonchev–Trinajstić information content (AvgIpc) is 3.35. The van der Waals surface area contributed by atoms with E-state index in [1.54, 1.807) is 0 Å². The number of ether oxygens (including phenoxy) is 3. The van der Waals surface area contributed by atoms with E-state index in [2.05, 4.69) is 118 Å². The summed E-state index contributed by atoms with van der Waals surface area (Å²) in [5.74, 6) is -0.930. The lowest BCUT2D eigenvalue weighted by Gasteiger charge is -2.18. The third-order valence-electron chi connectivity index (χ3n) is 12.1. The molecule has 0 fully saturated rings. The number of rotatable bonds is 51. The number of carbonyl (C=O) groups excluding carboxylic acids is 3. The van der Waals surface area contributed by atoms with Crippen LogP contribution >= 0.6 is 0 Å². The van der Waals surface area contributed by atoms with Crippen molar-refractivity contribution in [2.45, 2.75) is 271 Å². The van der Waals surface area contributed by atoms with Gasteiger partial charge in [-0.15, -0.1) is 0 Å². The molecule has 1 unspecified atom stereocenters.